The highest BCUT2D eigenvalue weighted by Gasteiger charge is 2.22. The number of ether oxygens (including phenoxy) is 2. The van der Waals surface area contributed by atoms with E-state index in [0.717, 1.165) is 19.4 Å². The molecule has 0 unspecified atom stereocenters. The molecule has 1 N–H and O–H groups in total. The van der Waals surface area contributed by atoms with Crippen molar-refractivity contribution in [1.82, 2.24) is 4.90 Å². The zero-order valence-electron chi connectivity index (χ0n) is 15.6. The van der Waals surface area contributed by atoms with E-state index in [1.807, 2.05) is 17.5 Å². The Kier molecular flexibility index (Phi) is 6.96. The summed E-state index contributed by atoms with van der Waals surface area (Å²) in [6, 6.07) is 8.16. The number of nitrogens with one attached hydrogen (secondary N) is 1. The smallest absolute Gasteiger partial charge is 0.273 e. The van der Waals surface area contributed by atoms with Gasteiger partial charge < -0.3 is 14.8 Å². The number of thiophene rings is 1. The van der Waals surface area contributed by atoms with Gasteiger partial charge >= 0.3 is 0 Å². The first-order valence-corrected chi connectivity index (χ1v) is 9.91. The number of nitro groups is 1. The molecule has 1 aliphatic rings. The van der Waals surface area contributed by atoms with Crippen molar-refractivity contribution in [3.63, 3.8) is 0 Å². The first-order chi connectivity index (χ1) is 13.5. The Morgan fingerprint density at radius 1 is 1.46 bits per heavy atom. The minimum atomic E-state index is -0.502. The van der Waals surface area contributed by atoms with Gasteiger partial charge in [0.25, 0.3) is 5.69 Å². The van der Waals surface area contributed by atoms with Crippen molar-refractivity contribution in [2.45, 2.75) is 25.5 Å². The van der Waals surface area contributed by atoms with Gasteiger partial charge in [0.05, 0.1) is 36.4 Å². The number of carbonyl (C=O) groups excluding carboxylic acids is 1. The highest BCUT2D eigenvalue weighted by atomic mass is 32.1. The fraction of sp³-hybridized carbons (Fsp3) is 0.421. The van der Waals surface area contributed by atoms with Gasteiger partial charge in [-0.2, -0.15) is 0 Å². The fourth-order valence-corrected chi connectivity index (χ4v) is 3.92. The quantitative estimate of drug-likeness (QED) is 0.508. The summed E-state index contributed by atoms with van der Waals surface area (Å²) in [4.78, 5) is 26.3. The number of rotatable bonds is 9. The largest absolute Gasteiger partial charge is 0.494 e. The molecule has 0 radical (unpaired) electrons. The predicted molar refractivity (Wildman–Crippen MR) is 107 cm³/mol. The van der Waals surface area contributed by atoms with E-state index >= 15 is 0 Å². The molecule has 28 heavy (non-hydrogen) atoms. The molecule has 0 spiro atoms. The van der Waals surface area contributed by atoms with E-state index in [1.54, 1.807) is 11.3 Å². The zero-order chi connectivity index (χ0) is 19.9. The Morgan fingerprint density at radius 2 is 2.32 bits per heavy atom. The molecule has 8 nitrogen and oxygen atoms in total. The number of anilines is 1. The molecule has 1 fully saturated rings. The summed E-state index contributed by atoms with van der Waals surface area (Å²) < 4.78 is 10.9. The van der Waals surface area contributed by atoms with Crippen LogP contribution >= 0.6 is 11.3 Å². The molecular weight excluding hydrogens is 382 g/mol. The van der Waals surface area contributed by atoms with Gasteiger partial charge in [-0.1, -0.05) is 6.07 Å². The summed E-state index contributed by atoms with van der Waals surface area (Å²) in [5.41, 5.74) is 0.318. The third-order valence-electron chi connectivity index (χ3n) is 4.48. The molecule has 2 aromatic rings. The maximum absolute atomic E-state index is 12.6. The normalized spacial score (nSPS) is 16.3. The number of hydrogen-bond donors (Lipinski definition) is 1. The zero-order valence-corrected chi connectivity index (χ0v) is 16.4. The second-order valence-electron chi connectivity index (χ2n) is 6.57. The van der Waals surface area contributed by atoms with E-state index < -0.39 is 4.92 Å². The molecule has 3 rings (SSSR count). The van der Waals surface area contributed by atoms with E-state index in [4.69, 9.17) is 9.47 Å². The average Bonchev–Trinajstić information content (AvgIpc) is 3.36. The maximum atomic E-state index is 12.6. The number of non-ortho nitro benzene ring substituents is 1. The Labute approximate surface area is 167 Å². The molecule has 1 atom stereocenters. The lowest BCUT2D eigenvalue weighted by Gasteiger charge is -2.24. The summed E-state index contributed by atoms with van der Waals surface area (Å²) >= 11 is 1.65. The molecule has 1 amide bonds. The van der Waals surface area contributed by atoms with Crippen LogP contribution < -0.4 is 10.1 Å². The van der Waals surface area contributed by atoms with Crippen LogP contribution in [0.1, 0.15) is 17.7 Å². The van der Waals surface area contributed by atoms with E-state index in [9.17, 15) is 14.9 Å². The molecule has 1 aliphatic heterocycles. The molecule has 1 saturated heterocycles. The van der Waals surface area contributed by atoms with Crippen LogP contribution in [0.25, 0.3) is 0 Å². The number of nitrogens with zero attached hydrogens (tertiary/aromatic N) is 2. The van der Waals surface area contributed by atoms with Gasteiger partial charge in [0, 0.05) is 30.6 Å². The number of methoxy groups -OCH3 is 1. The van der Waals surface area contributed by atoms with E-state index in [-0.39, 0.29) is 30.0 Å². The monoisotopic (exact) mass is 405 g/mol. The second kappa shape index (κ2) is 9.63. The summed E-state index contributed by atoms with van der Waals surface area (Å²) in [6.45, 7) is 2.31. The van der Waals surface area contributed by atoms with Crippen LogP contribution in [0.2, 0.25) is 0 Å². The Hall–Kier alpha value is -2.49. The maximum Gasteiger partial charge on any atom is 0.273 e. The van der Waals surface area contributed by atoms with E-state index in [2.05, 4.69) is 10.2 Å². The van der Waals surface area contributed by atoms with Crippen molar-refractivity contribution in [1.29, 1.82) is 0 Å². The molecule has 1 aromatic carbocycles. The summed E-state index contributed by atoms with van der Waals surface area (Å²) in [6.07, 6.45) is 2.18. The fourth-order valence-electron chi connectivity index (χ4n) is 3.17. The lowest BCUT2D eigenvalue weighted by Crippen LogP contribution is -2.37. The standard InChI is InChI=1S/C19H23N3O5S/c1-26-18-10-14(22(24)25)6-7-17(18)20-19(23)13-21(11-15-4-2-8-27-15)12-16-5-3-9-28-16/h3,5-7,9-10,15H,2,4,8,11-13H2,1H3,(H,20,23)/t15-/m0/s1. The summed E-state index contributed by atoms with van der Waals surface area (Å²) in [5.74, 6) is 0.0492. The van der Waals surface area contributed by atoms with Gasteiger partial charge in [0.15, 0.2) is 0 Å². The van der Waals surface area contributed by atoms with Crippen molar-refractivity contribution in [3.8, 4) is 5.75 Å². The molecule has 1 aromatic heterocycles. The average molecular weight is 405 g/mol. The lowest BCUT2D eigenvalue weighted by atomic mass is 10.2. The van der Waals surface area contributed by atoms with E-state index in [1.165, 1.54) is 30.2 Å². The summed E-state index contributed by atoms with van der Waals surface area (Å²) in [7, 11) is 1.41. The summed E-state index contributed by atoms with van der Waals surface area (Å²) in [5, 5.41) is 15.7. The SMILES string of the molecule is COc1cc([N+](=O)[O-])ccc1NC(=O)CN(Cc1cccs1)C[C@@H]1CCCO1. The Morgan fingerprint density at radius 3 is 2.96 bits per heavy atom. The topological polar surface area (TPSA) is 93.9 Å². The molecular formula is C19H23N3O5S. The Bertz CT molecular complexity index is 806. The van der Waals surface area contributed by atoms with Gasteiger partial charge in [-0.15, -0.1) is 11.3 Å². The minimum absolute atomic E-state index is 0.0902. The van der Waals surface area contributed by atoms with E-state index in [0.29, 0.717) is 18.8 Å². The van der Waals surface area contributed by atoms with Crippen LogP contribution in [0.4, 0.5) is 11.4 Å². The molecule has 9 heteroatoms. The van der Waals surface area contributed by atoms with Gasteiger partial charge in [-0.25, -0.2) is 0 Å². The number of amides is 1. The molecule has 0 bridgehead atoms. The van der Waals surface area contributed by atoms with Crippen molar-refractivity contribution in [3.05, 3.63) is 50.7 Å². The molecule has 2 heterocycles. The first kappa shape index (κ1) is 20.2. The van der Waals surface area contributed by atoms with Gasteiger partial charge in [0.1, 0.15) is 5.75 Å². The molecule has 0 aliphatic carbocycles. The van der Waals surface area contributed by atoms with Gasteiger partial charge in [-0.3, -0.25) is 19.8 Å². The van der Waals surface area contributed by atoms with Crippen molar-refractivity contribution in [2.75, 3.05) is 32.1 Å². The predicted octanol–water partition coefficient (Wildman–Crippen LogP) is 3.28. The van der Waals surface area contributed by atoms with Crippen LogP contribution in [0.3, 0.4) is 0 Å². The first-order valence-electron chi connectivity index (χ1n) is 9.04. The number of nitro benzene ring substituents is 1. The molecule has 0 saturated carbocycles. The molecule has 150 valence electrons. The highest BCUT2D eigenvalue weighted by molar-refractivity contribution is 7.09. The highest BCUT2D eigenvalue weighted by Crippen LogP contribution is 2.29. The van der Waals surface area contributed by atoms with Gasteiger partial charge in [0.2, 0.25) is 5.91 Å². The number of hydrogen-bond acceptors (Lipinski definition) is 7. The van der Waals surface area contributed by atoms with Crippen molar-refractivity contribution < 1.29 is 19.2 Å². The minimum Gasteiger partial charge on any atom is -0.494 e. The third kappa shape index (κ3) is 5.51. The lowest BCUT2D eigenvalue weighted by molar-refractivity contribution is -0.384. The van der Waals surface area contributed by atoms with Crippen molar-refractivity contribution >= 4 is 28.6 Å². The Balaban J connectivity index is 1.66. The van der Waals surface area contributed by atoms with Crippen LogP contribution in [0.5, 0.6) is 5.75 Å². The third-order valence-corrected chi connectivity index (χ3v) is 5.34. The van der Waals surface area contributed by atoms with Gasteiger partial charge in [-0.05, 0) is 30.4 Å². The van der Waals surface area contributed by atoms with Crippen LogP contribution in [0, 0.1) is 10.1 Å². The van der Waals surface area contributed by atoms with Crippen LogP contribution in [-0.4, -0.2) is 48.6 Å². The van der Waals surface area contributed by atoms with Crippen LogP contribution in [-0.2, 0) is 16.1 Å². The second-order valence-corrected chi connectivity index (χ2v) is 7.61. The number of carbonyl (C=O) groups is 1. The number of benzene rings is 1. The van der Waals surface area contributed by atoms with Crippen LogP contribution in [0.15, 0.2) is 35.7 Å². The van der Waals surface area contributed by atoms with Crippen molar-refractivity contribution in [2.24, 2.45) is 0 Å².